The van der Waals surface area contributed by atoms with Crippen molar-refractivity contribution in [2.75, 3.05) is 0 Å². The van der Waals surface area contributed by atoms with E-state index in [1.807, 2.05) is 43.3 Å². The fourth-order valence-corrected chi connectivity index (χ4v) is 3.30. The SMILES string of the molecule is CCCCC(=NCc1ccc(-c2ccccc2/C(N)=N/N)nc1)N=C(N)c1c(F)cccc1F. The molecule has 34 heavy (non-hydrogen) atoms. The third kappa shape index (κ3) is 6.00. The summed E-state index contributed by atoms with van der Waals surface area (Å²) in [4.78, 5) is 13.3. The average molecular weight is 464 g/mol. The number of pyridine rings is 1. The zero-order valence-corrected chi connectivity index (χ0v) is 18.9. The molecule has 3 rings (SSSR count). The highest BCUT2D eigenvalue weighted by atomic mass is 19.1. The molecule has 0 saturated heterocycles. The summed E-state index contributed by atoms with van der Waals surface area (Å²) in [6.07, 6.45) is 3.96. The van der Waals surface area contributed by atoms with Gasteiger partial charge < -0.3 is 17.3 Å². The van der Waals surface area contributed by atoms with E-state index in [0.29, 0.717) is 23.5 Å². The molecule has 9 heteroatoms. The molecule has 0 unspecified atom stereocenters. The van der Waals surface area contributed by atoms with Gasteiger partial charge in [-0.2, -0.15) is 5.10 Å². The van der Waals surface area contributed by atoms with Crippen molar-refractivity contribution in [3.8, 4) is 11.3 Å². The van der Waals surface area contributed by atoms with E-state index in [2.05, 4.69) is 20.1 Å². The molecule has 1 aromatic heterocycles. The number of nitrogens with two attached hydrogens (primary N) is 3. The fourth-order valence-electron chi connectivity index (χ4n) is 3.30. The summed E-state index contributed by atoms with van der Waals surface area (Å²) in [6.45, 7) is 2.32. The molecule has 0 amide bonds. The number of nitrogens with zero attached hydrogens (tertiary/aromatic N) is 4. The van der Waals surface area contributed by atoms with Gasteiger partial charge in [0.1, 0.15) is 23.3 Å². The van der Waals surface area contributed by atoms with E-state index in [4.69, 9.17) is 17.3 Å². The van der Waals surface area contributed by atoms with Crippen molar-refractivity contribution < 1.29 is 8.78 Å². The number of hydrogen-bond acceptors (Lipinski definition) is 4. The van der Waals surface area contributed by atoms with E-state index >= 15 is 0 Å². The van der Waals surface area contributed by atoms with Gasteiger partial charge in [0, 0.05) is 23.7 Å². The van der Waals surface area contributed by atoms with E-state index in [-0.39, 0.29) is 23.8 Å². The number of unbranched alkanes of at least 4 members (excludes halogenated alkanes) is 1. The van der Waals surface area contributed by atoms with Gasteiger partial charge in [-0.05, 0) is 30.2 Å². The lowest BCUT2D eigenvalue weighted by Gasteiger charge is -2.09. The Balaban J connectivity index is 1.84. The van der Waals surface area contributed by atoms with E-state index in [1.54, 1.807) is 6.20 Å². The smallest absolute Gasteiger partial charge is 0.150 e. The van der Waals surface area contributed by atoms with Gasteiger partial charge in [0.15, 0.2) is 5.84 Å². The number of rotatable bonds is 8. The lowest BCUT2D eigenvalue weighted by Crippen LogP contribution is -2.19. The summed E-state index contributed by atoms with van der Waals surface area (Å²) in [7, 11) is 0. The molecule has 2 aromatic carbocycles. The first kappa shape index (κ1) is 24.5. The summed E-state index contributed by atoms with van der Waals surface area (Å²) >= 11 is 0. The Morgan fingerprint density at radius 3 is 2.32 bits per heavy atom. The molecule has 0 aliphatic carbocycles. The van der Waals surface area contributed by atoms with Crippen LogP contribution in [0, 0.1) is 11.6 Å². The second-order valence-electron chi connectivity index (χ2n) is 7.54. The predicted octanol–water partition coefficient (Wildman–Crippen LogP) is 4.10. The summed E-state index contributed by atoms with van der Waals surface area (Å²) < 4.78 is 28.1. The van der Waals surface area contributed by atoms with Crippen molar-refractivity contribution in [1.29, 1.82) is 0 Å². The molecule has 7 nitrogen and oxygen atoms in total. The summed E-state index contributed by atoms with van der Waals surface area (Å²) in [6, 6.07) is 14.7. The molecular formula is C25H27F2N7. The summed E-state index contributed by atoms with van der Waals surface area (Å²) in [5.74, 6) is 4.19. The first-order valence-electron chi connectivity index (χ1n) is 10.8. The van der Waals surface area contributed by atoms with Crippen LogP contribution in [0.3, 0.4) is 0 Å². The van der Waals surface area contributed by atoms with Gasteiger partial charge >= 0.3 is 0 Å². The number of hydrazone groups is 1. The van der Waals surface area contributed by atoms with Crippen LogP contribution in [0.25, 0.3) is 11.3 Å². The minimum atomic E-state index is -0.767. The Morgan fingerprint density at radius 1 is 0.941 bits per heavy atom. The molecule has 1 heterocycles. The Labute approximate surface area is 197 Å². The number of benzene rings is 2. The van der Waals surface area contributed by atoms with Crippen molar-refractivity contribution in [3.05, 3.63) is 89.1 Å². The van der Waals surface area contributed by atoms with Crippen LogP contribution < -0.4 is 17.3 Å². The third-order valence-electron chi connectivity index (χ3n) is 5.11. The Morgan fingerprint density at radius 2 is 1.68 bits per heavy atom. The molecule has 0 atom stereocenters. The second-order valence-corrected chi connectivity index (χ2v) is 7.54. The quantitative estimate of drug-likeness (QED) is 0.201. The van der Waals surface area contributed by atoms with Crippen LogP contribution >= 0.6 is 0 Å². The van der Waals surface area contributed by atoms with Gasteiger partial charge in [0.2, 0.25) is 0 Å². The predicted molar refractivity (Wildman–Crippen MR) is 132 cm³/mol. The normalized spacial score (nSPS) is 12.7. The van der Waals surface area contributed by atoms with Crippen molar-refractivity contribution in [1.82, 2.24) is 4.98 Å². The molecule has 0 aliphatic heterocycles. The maximum atomic E-state index is 14.1. The molecule has 0 spiro atoms. The number of hydrogen-bond donors (Lipinski definition) is 3. The summed E-state index contributed by atoms with van der Waals surface area (Å²) in [5, 5.41) is 3.57. The van der Waals surface area contributed by atoms with Crippen molar-refractivity contribution in [3.63, 3.8) is 0 Å². The first-order chi connectivity index (χ1) is 16.4. The molecular weight excluding hydrogens is 436 g/mol. The Hall–Kier alpha value is -4.14. The van der Waals surface area contributed by atoms with Crippen LogP contribution in [-0.4, -0.2) is 22.5 Å². The minimum absolute atomic E-state index is 0.216. The standard InChI is InChI=1S/C25H27F2N7/c1-2-3-11-22(33-25(29)23-19(26)9-6-10-20(23)27)32-15-16-12-13-21(31-14-16)17-7-4-5-8-18(17)24(28)34-30/h4-10,12-14H,2-3,11,15,30H2,1H3,(H2,28,34)(H2,29,32,33). The monoisotopic (exact) mass is 463 g/mol. The van der Waals surface area contributed by atoms with E-state index in [1.165, 1.54) is 6.07 Å². The van der Waals surface area contributed by atoms with E-state index in [0.717, 1.165) is 36.1 Å². The first-order valence-corrected chi connectivity index (χ1v) is 10.8. The van der Waals surface area contributed by atoms with Gasteiger partial charge in [0.25, 0.3) is 0 Å². The summed E-state index contributed by atoms with van der Waals surface area (Å²) in [5.41, 5.74) is 14.5. The van der Waals surface area contributed by atoms with Crippen LogP contribution in [0.2, 0.25) is 0 Å². The lowest BCUT2D eigenvalue weighted by molar-refractivity contribution is 0.579. The van der Waals surface area contributed by atoms with Crippen LogP contribution in [0.4, 0.5) is 8.78 Å². The number of amidine groups is 3. The second kappa shape index (κ2) is 11.6. The van der Waals surface area contributed by atoms with E-state index < -0.39 is 11.6 Å². The Bertz CT molecular complexity index is 1200. The number of aromatic nitrogens is 1. The molecule has 0 aliphatic rings. The number of halogens is 2. The van der Waals surface area contributed by atoms with Crippen LogP contribution in [0.15, 0.2) is 75.9 Å². The van der Waals surface area contributed by atoms with Gasteiger partial charge in [-0.1, -0.05) is 49.7 Å². The van der Waals surface area contributed by atoms with Crippen LogP contribution in [0.5, 0.6) is 0 Å². The molecule has 176 valence electrons. The van der Waals surface area contributed by atoms with Gasteiger partial charge in [0.05, 0.1) is 17.8 Å². The topological polar surface area (TPSA) is 128 Å². The lowest BCUT2D eigenvalue weighted by atomic mass is 10.0. The maximum absolute atomic E-state index is 14.1. The minimum Gasteiger partial charge on any atom is -0.383 e. The van der Waals surface area contributed by atoms with Gasteiger partial charge in [-0.25, -0.2) is 13.8 Å². The molecule has 6 N–H and O–H groups in total. The molecule has 0 fully saturated rings. The Kier molecular flexibility index (Phi) is 8.39. The number of aliphatic imine (C=N–C) groups is 2. The van der Waals surface area contributed by atoms with Gasteiger partial charge in [-0.15, -0.1) is 0 Å². The molecule has 0 saturated carbocycles. The highest BCUT2D eigenvalue weighted by Crippen LogP contribution is 2.22. The third-order valence-corrected chi connectivity index (χ3v) is 5.11. The highest BCUT2D eigenvalue weighted by molar-refractivity contribution is 6.05. The largest absolute Gasteiger partial charge is 0.383 e. The zero-order valence-electron chi connectivity index (χ0n) is 18.9. The van der Waals surface area contributed by atoms with Crippen molar-refractivity contribution in [2.24, 2.45) is 32.4 Å². The molecule has 0 radical (unpaired) electrons. The van der Waals surface area contributed by atoms with Gasteiger partial charge in [-0.3, -0.25) is 9.98 Å². The fraction of sp³-hybridized carbons (Fsp3) is 0.200. The maximum Gasteiger partial charge on any atom is 0.150 e. The zero-order chi connectivity index (χ0) is 24.5. The molecule has 0 bridgehead atoms. The van der Waals surface area contributed by atoms with Crippen molar-refractivity contribution in [2.45, 2.75) is 32.7 Å². The highest BCUT2D eigenvalue weighted by Gasteiger charge is 2.13. The van der Waals surface area contributed by atoms with Crippen LogP contribution in [0.1, 0.15) is 42.9 Å². The average Bonchev–Trinajstić information content (AvgIpc) is 2.85. The van der Waals surface area contributed by atoms with E-state index in [9.17, 15) is 8.78 Å². The van der Waals surface area contributed by atoms with Crippen LogP contribution in [-0.2, 0) is 6.54 Å². The van der Waals surface area contributed by atoms with Crippen molar-refractivity contribution >= 4 is 17.5 Å². The molecule has 3 aromatic rings.